The third-order valence-corrected chi connectivity index (χ3v) is 3.14. The maximum atomic E-state index is 12.0. The van der Waals surface area contributed by atoms with Gasteiger partial charge in [0.05, 0.1) is 6.20 Å². The van der Waals surface area contributed by atoms with Crippen molar-refractivity contribution in [3.05, 3.63) is 36.9 Å². The molecule has 1 amide bonds. The van der Waals surface area contributed by atoms with E-state index in [0.717, 1.165) is 24.1 Å². The second-order valence-corrected chi connectivity index (χ2v) is 4.77. The maximum absolute atomic E-state index is 12.0. The Bertz CT molecular complexity index is 552. The zero-order valence-corrected chi connectivity index (χ0v) is 11.5. The molecule has 3 N–H and O–H groups in total. The smallest absolute Gasteiger partial charge is 0.227 e. The average Bonchev–Trinajstić information content (AvgIpc) is 2.99. The molecule has 0 aliphatic rings. The summed E-state index contributed by atoms with van der Waals surface area (Å²) in [4.78, 5) is 15.9. The first-order chi connectivity index (χ1) is 9.70. The first kappa shape index (κ1) is 14.3. The van der Waals surface area contributed by atoms with Crippen LogP contribution in [0.15, 0.2) is 41.3 Å². The summed E-state index contributed by atoms with van der Waals surface area (Å²) in [5, 5.41) is 2.91. The van der Waals surface area contributed by atoms with Gasteiger partial charge in [-0.1, -0.05) is 19.1 Å². The topological polar surface area (TPSA) is 81.2 Å². The van der Waals surface area contributed by atoms with Crippen LogP contribution in [0.2, 0.25) is 0 Å². The van der Waals surface area contributed by atoms with Crippen LogP contribution in [0, 0.1) is 5.92 Å². The molecule has 0 fully saturated rings. The van der Waals surface area contributed by atoms with Gasteiger partial charge in [-0.3, -0.25) is 4.79 Å². The number of aromatic nitrogens is 1. The van der Waals surface area contributed by atoms with Crippen molar-refractivity contribution in [2.45, 2.75) is 19.8 Å². The lowest BCUT2D eigenvalue weighted by atomic mass is 10.0. The van der Waals surface area contributed by atoms with Crippen molar-refractivity contribution in [1.29, 1.82) is 0 Å². The molecule has 0 bridgehead atoms. The second kappa shape index (κ2) is 6.86. The Balaban J connectivity index is 2.03. The molecule has 5 heteroatoms. The fourth-order valence-electron chi connectivity index (χ4n) is 1.93. The normalized spacial score (nSPS) is 12.1. The minimum absolute atomic E-state index is 0.00756. The van der Waals surface area contributed by atoms with Gasteiger partial charge in [-0.25, -0.2) is 4.98 Å². The number of carbonyl (C=O) groups excluding carboxylic acids is 1. The van der Waals surface area contributed by atoms with Crippen molar-refractivity contribution in [2.75, 3.05) is 11.9 Å². The third kappa shape index (κ3) is 3.68. The highest BCUT2D eigenvalue weighted by molar-refractivity contribution is 5.92. The molecule has 0 saturated heterocycles. The number of oxazole rings is 1. The molecule has 0 spiro atoms. The molecular weight excluding hydrogens is 254 g/mol. The number of rotatable bonds is 6. The van der Waals surface area contributed by atoms with Gasteiger partial charge in [0.25, 0.3) is 0 Å². The van der Waals surface area contributed by atoms with Gasteiger partial charge in [0.15, 0.2) is 12.2 Å². The highest BCUT2D eigenvalue weighted by atomic mass is 16.3. The summed E-state index contributed by atoms with van der Waals surface area (Å²) in [5.41, 5.74) is 7.09. The molecule has 2 aromatic rings. The minimum Gasteiger partial charge on any atom is -0.444 e. The van der Waals surface area contributed by atoms with E-state index in [1.165, 1.54) is 6.39 Å². The van der Waals surface area contributed by atoms with Crippen LogP contribution >= 0.6 is 0 Å². The highest BCUT2D eigenvalue weighted by Crippen LogP contribution is 2.22. The summed E-state index contributed by atoms with van der Waals surface area (Å²) in [6.07, 6.45) is 4.68. The number of hydrogen-bond donors (Lipinski definition) is 2. The lowest BCUT2D eigenvalue weighted by Crippen LogP contribution is -2.21. The van der Waals surface area contributed by atoms with E-state index in [1.807, 2.05) is 31.2 Å². The molecule has 0 saturated carbocycles. The summed E-state index contributed by atoms with van der Waals surface area (Å²) in [6, 6.07) is 7.51. The lowest BCUT2D eigenvalue weighted by Gasteiger charge is -2.12. The van der Waals surface area contributed by atoms with Crippen LogP contribution in [-0.2, 0) is 4.79 Å². The molecule has 1 heterocycles. The molecule has 20 heavy (non-hydrogen) atoms. The number of hydrogen-bond acceptors (Lipinski definition) is 4. The Labute approximate surface area is 118 Å². The van der Waals surface area contributed by atoms with E-state index in [-0.39, 0.29) is 11.8 Å². The van der Waals surface area contributed by atoms with Gasteiger partial charge in [0.1, 0.15) is 0 Å². The van der Waals surface area contributed by atoms with E-state index in [2.05, 4.69) is 10.3 Å². The fraction of sp³-hybridized carbons (Fsp3) is 0.333. The molecule has 1 aromatic carbocycles. The Hall–Kier alpha value is -2.14. The molecule has 0 aliphatic carbocycles. The second-order valence-electron chi connectivity index (χ2n) is 4.77. The van der Waals surface area contributed by atoms with Crippen molar-refractivity contribution in [1.82, 2.24) is 4.98 Å². The van der Waals surface area contributed by atoms with E-state index in [9.17, 15) is 4.79 Å². The standard InChI is InChI=1S/C15H19N3O2/c1-11(4-3-7-16)15(19)18-13-6-2-5-12(8-13)14-9-17-10-20-14/h2,5-6,8-11H,3-4,7,16H2,1H3,(H,18,19). The molecular formula is C15H19N3O2. The molecule has 106 valence electrons. The van der Waals surface area contributed by atoms with E-state index >= 15 is 0 Å². The van der Waals surface area contributed by atoms with Gasteiger partial charge >= 0.3 is 0 Å². The Morgan fingerprint density at radius 3 is 3.05 bits per heavy atom. The fourth-order valence-corrected chi connectivity index (χ4v) is 1.93. The predicted octanol–water partition coefficient (Wildman–Crippen LogP) is 2.66. The quantitative estimate of drug-likeness (QED) is 0.847. The maximum Gasteiger partial charge on any atom is 0.227 e. The number of amides is 1. The third-order valence-electron chi connectivity index (χ3n) is 3.14. The van der Waals surface area contributed by atoms with Crippen molar-refractivity contribution >= 4 is 11.6 Å². The Kier molecular flexibility index (Phi) is 4.90. The van der Waals surface area contributed by atoms with Gasteiger partial charge in [-0.2, -0.15) is 0 Å². The van der Waals surface area contributed by atoms with E-state index in [4.69, 9.17) is 10.2 Å². The van der Waals surface area contributed by atoms with E-state index in [0.29, 0.717) is 12.3 Å². The lowest BCUT2D eigenvalue weighted by molar-refractivity contribution is -0.119. The van der Waals surface area contributed by atoms with Crippen LogP contribution in [0.25, 0.3) is 11.3 Å². The molecule has 1 aromatic heterocycles. The van der Waals surface area contributed by atoms with Crippen molar-refractivity contribution < 1.29 is 9.21 Å². The van der Waals surface area contributed by atoms with E-state index in [1.54, 1.807) is 6.20 Å². The van der Waals surface area contributed by atoms with E-state index < -0.39 is 0 Å². The van der Waals surface area contributed by atoms with Gasteiger partial charge in [-0.05, 0) is 31.5 Å². The number of anilines is 1. The number of nitrogens with one attached hydrogen (secondary N) is 1. The summed E-state index contributed by atoms with van der Waals surface area (Å²) in [6.45, 7) is 2.52. The molecule has 1 unspecified atom stereocenters. The zero-order valence-electron chi connectivity index (χ0n) is 11.5. The van der Waals surface area contributed by atoms with Crippen LogP contribution in [-0.4, -0.2) is 17.4 Å². The number of nitrogens with two attached hydrogens (primary N) is 1. The van der Waals surface area contributed by atoms with Gasteiger partial charge < -0.3 is 15.5 Å². The number of nitrogens with zero attached hydrogens (tertiary/aromatic N) is 1. The van der Waals surface area contributed by atoms with Crippen LogP contribution in [0.1, 0.15) is 19.8 Å². The Morgan fingerprint density at radius 1 is 1.50 bits per heavy atom. The molecule has 2 rings (SSSR count). The predicted molar refractivity (Wildman–Crippen MR) is 78.0 cm³/mol. The van der Waals surface area contributed by atoms with Crippen LogP contribution in [0.3, 0.4) is 0 Å². The summed E-state index contributed by atoms with van der Waals surface area (Å²) in [7, 11) is 0. The first-order valence-electron chi connectivity index (χ1n) is 6.70. The molecule has 0 aliphatic heterocycles. The first-order valence-corrected chi connectivity index (χ1v) is 6.70. The van der Waals surface area contributed by atoms with Crippen LogP contribution < -0.4 is 11.1 Å². The van der Waals surface area contributed by atoms with Gasteiger partial charge in [-0.15, -0.1) is 0 Å². The van der Waals surface area contributed by atoms with Gasteiger partial charge in [0, 0.05) is 17.2 Å². The minimum atomic E-state index is -0.0486. The zero-order chi connectivity index (χ0) is 14.4. The number of benzene rings is 1. The van der Waals surface area contributed by atoms with Gasteiger partial charge in [0.2, 0.25) is 5.91 Å². The highest BCUT2D eigenvalue weighted by Gasteiger charge is 2.12. The van der Waals surface area contributed by atoms with Crippen molar-refractivity contribution in [2.24, 2.45) is 11.7 Å². The largest absolute Gasteiger partial charge is 0.444 e. The van der Waals surface area contributed by atoms with Crippen molar-refractivity contribution in [3.8, 4) is 11.3 Å². The summed E-state index contributed by atoms with van der Waals surface area (Å²) >= 11 is 0. The summed E-state index contributed by atoms with van der Waals surface area (Å²) < 4.78 is 5.24. The van der Waals surface area contributed by atoms with Crippen molar-refractivity contribution in [3.63, 3.8) is 0 Å². The number of carbonyl (C=O) groups is 1. The van der Waals surface area contributed by atoms with Crippen LogP contribution in [0.4, 0.5) is 5.69 Å². The summed E-state index contributed by atoms with van der Waals surface area (Å²) in [5.74, 6) is 0.637. The monoisotopic (exact) mass is 273 g/mol. The molecule has 1 atom stereocenters. The average molecular weight is 273 g/mol. The Morgan fingerprint density at radius 2 is 2.35 bits per heavy atom. The SMILES string of the molecule is CC(CCCN)C(=O)Nc1cccc(-c2cnco2)c1. The molecule has 0 radical (unpaired) electrons. The van der Waals surface area contributed by atoms with Crippen LogP contribution in [0.5, 0.6) is 0 Å². The molecule has 5 nitrogen and oxygen atoms in total.